The van der Waals surface area contributed by atoms with Crippen LogP contribution in [0, 0.1) is 0 Å². The molecule has 7 rings (SSSR count). The molecular weight excluding hydrogens is 631 g/mol. The molecule has 1 aliphatic carbocycles. The molecule has 1 N–H and O–H groups in total. The lowest BCUT2D eigenvalue weighted by atomic mass is 9.97. The zero-order chi connectivity index (χ0) is 32.6. The van der Waals surface area contributed by atoms with Gasteiger partial charge in [-0.1, -0.05) is 103 Å². The van der Waals surface area contributed by atoms with E-state index in [9.17, 15) is 23.1 Å². The summed E-state index contributed by atoms with van der Waals surface area (Å²) in [5, 5.41) is 9.95. The number of hydrogen-bond acceptors (Lipinski definition) is 6. The van der Waals surface area contributed by atoms with Crippen LogP contribution in [-0.2, 0) is 24.1 Å². The van der Waals surface area contributed by atoms with Crippen molar-refractivity contribution in [3.05, 3.63) is 131 Å². The van der Waals surface area contributed by atoms with Crippen molar-refractivity contribution in [2.45, 2.75) is 23.5 Å². The first-order valence-electron chi connectivity index (χ1n) is 15.6. The maximum Gasteiger partial charge on any atom is 0.409 e. The van der Waals surface area contributed by atoms with Crippen LogP contribution >= 0.6 is 11.3 Å². The van der Waals surface area contributed by atoms with E-state index >= 15 is 0 Å². The Bertz CT molecular complexity index is 2010. The molecule has 1 amide bonds. The van der Waals surface area contributed by atoms with E-state index in [1.54, 1.807) is 6.07 Å². The summed E-state index contributed by atoms with van der Waals surface area (Å²) in [6, 6.07) is 37.7. The normalized spacial score (nSPS) is 18.6. The summed E-state index contributed by atoms with van der Waals surface area (Å²) in [5.74, 6) is -1.69. The van der Waals surface area contributed by atoms with Crippen molar-refractivity contribution in [3.63, 3.8) is 0 Å². The minimum absolute atomic E-state index is 0.0429. The van der Waals surface area contributed by atoms with Gasteiger partial charge in [0.25, 0.3) is 0 Å². The SMILES string of the molecule is O=C(O)CC1(c2ccc(-c3ccc(-c4ccccc4)cc3)s2)CCN(C(=O)OCC2c3ccccc3-c3ccccc32)CCS1(=O)=O. The maximum absolute atomic E-state index is 14.0. The molecule has 5 aromatic rings. The van der Waals surface area contributed by atoms with Crippen LogP contribution in [-0.4, -0.2) is 55.9 Å². The fourth-order valence-electron chi connectivity index (χ4n) is 6.88. The van der Waals surface area contributed by atoms with Gasteiger partial charge in [0.1, 0.15) is 11.4 Å². The molecule has 0 spiro atoms. The van der Waals surface area contributed by atoms with E-state index in [2.05, 4.69) is 12.1 Å². The fourth-order valence-corrected chi connectivity index (χ4v) is 10.5. The molecule has 1 atom stereocenters. The Morgan fingerprint density at radius 3 is 2.02 bits per heavy atom. The molecule has 0 bridgehead atoms. The molecule has 1 unspecified atom stereocenters. The number of carboxylic acid groups (broad SMARTS) is 1. The van der Waals surface area contributed by atoms with Crippen LogP contribution in [0.25, 0.3) is 32.7 Å². The molecule has 4 aromatic carbocycles. The van der Waals surface area contributed by atoms with Gasteiger partial charge in [-0.25, -0.2) is 13.2 Å². The van der Waals surface area contributed by atoms with Crippen molar-refractivity contribution < 1.29 is 27.9 Å². The third-order valence-electron chi connectivity index (χ3n) is 9.37. The van der Waals surface area contributed by atoms with Gasteiger partial charge in [0.2, 0.25) is 0 Å². The number of aliphatic carboxylic acids is 1. The van der Waals surface area contributed by atoms with Gasteiger partial charge in [-0.05, 0) is 57.5 Å². The van der Waals surface area contributed by atoms with Gasteiger partial charge in [0.15, 0.2) is 9.84 Å². The number of hydrogen-bond donors (Lipinski definition) is 1. The minimum Gasteiger partial charge on any atom is -0.481 e. The van der Waals surface area contributed by atoms with Gasteiger partial charge >= 0.3 is 12.1 Å². The van der Waals surface area contributed by atoms with Crippen LogP contribution in [0.5, 0.6) is 0 Å². The molecule has 1 aromatic heterocycles. The second-order valence-corrected chi connectivity index (χ2v) is 15.5. The lowest BCUT2D eigenvalue weighted by molar-refractivity contribution is -0.137. The van der Waals surface area contributed by atoms with Gasteiger partial charge in [-0.2, -0.15) is 0 Å². The monoisotopic (exact) mass is 663 g/mol. The number of amides is 1. The number of sulfone groups is 1. The topological polar surface area (TPSA) is 101 Å². The second-order valence-electron chi connectivity index (χ2n) is 12.0. The Labute approximate surface area is 278 Å². The molecule has 238 valence electrons. The van der Waals surface area contributed by atoms with Crippen LogP contribution < -0.4 is 0 Å². The van der Waals surface area contributed by atoms with E-state index in [4.69, 9.17) is 4.74 Å². The molecule has 1 aliphatic heterocycles. The summed E-state index contributed by atoms with van der Waals surface area (Å²) in [5.41, 5.74) is 7.48. The summed E-state index contributed by atoms with van der Waals surface area (Å²) < 4.78 is 32.1. The van der Waals surface area contributed by atoms with Gasteiger partial charge < -0.3 is 14.7 Å². The molecule has 0 saturated carbocycles. The molecular formula is C38H33NO6S2. The molecule has 7 nitrogen and oxygen atoms in total. The predicted molar refractivity (Wildman–Crippen MR) is 184 cm³/mol. The summed E-state index contributed by atoms with van der Waals surface area (Å²) in [4.78, 5) is 28.3. The first-order valence-corrected chi connectivity index (χ1v) is 18.0. The molecule has 1 saturated heterocycles. The number of ether oxygens (including phenoxy) is 1. The predicted octanol–water partition coefficient (Wildman–Crippen LogP) is 7.82. The Morgan fingerprint density at radius 1 is 0.766 bits per heavy atom. The quantitative estimate of drug-likeness (QED) is 0.191. The lowest BCUT2D eigenvalue weighted by Gasteiger charge is -2.29. The number of benzene rings is 4. The molecule has 0 radical (unpaired) electrons. The number of carbonyl (C=O) groups excluding carboxylic acids is 1. The van der Waals surface area contributed by atoms with E-state index in [1.807, 2.05) is 97.1 Å². The number of nitrogens with zero attached hydrogens (tertiary/aromatic N) is 1. The van der Waals surface area contributed by atoms with Crippen molar-refractivity contribution in [1.82, 2.24) is 4.90 Å². The van der Waals surface area contributed by atoms with Crippen LogP contribution in [0.4, 0.5) is 4.79 Å². The van der Waals surface area contributed by atoms with E-state index in [-0.39, 0.29) is 37.8 Å². The van der Waals surface area contributed by atoms with E-state index in [0.717, 1.165) is 43.8 Å². The number of rotatable bonds is 7. The van der Waals surface area contributed by atoms with Crippen LogP contribution in [0.3, 0.4) is 0 Å². The highest BCUT2D eigenvalue weighted by Gasteiger charge is 2.50. The standard InChI is InChI=1S/C38H33NO6S2/c40-36(41)24-38(35-19-18-34(46-35)28-16-14-27(15-17-28)26-8-2-1-3-9-26)20-21-39(22-23-47(38,43)44)37(42)45-25-33-31-12-6-4-10-29(31)30-11-5-7-13-32(30)33/h1-19,33H,20-25H2,(H,40,41). The van der Waals surface area contributed by atoms with Crippen molar-refractivity contribution in [1.29, 1.82) is 0 Å². The highest BCUT2D eigenvalue weighted by molar-refractivity contribution is 7.92. The Hall–Kier alpha value is -4.73. The summed E-state index contributed by atoms with van der Waals surface area (Å²) >= 11 is 1.29. The van der Waals surface area contributed by atoms with Crippen molar-refractivity contribution in [3.8, 4) is 32.7 Å². The first-order chi connectivity index (χ1) is 22.8. The highest BCUT2D eigenvalue weighted by Crippen LogP contribution is 2.46. The zero-order valence-electron chi connectivity index (χ0n) is 25.5. The summed E-state index contributed by atoms with van der Waals surface area (Å²) in [6.45, 7) is 0.107. The lowest BCUT2D eigenvalue weighted by Crippen LogP contribution is -2.39. The second kappa shape index (κ2) is 12.5. The van der Waals surface area contributed by atoms with E-state index in [1.165, 1.54) is 16.2 Å². The van der Waals surface area contributed by atoms with Crippen LogP contribution in [0.2, 0.25) is 0 Å². The Kier molecular flexibility index (Phi) is 8.20. The third-order valence-corrected chi connectivity index (χ3v) is 13.3. The molecule has 9 heteroatoms. The van der Waals surface area contributed by atoms with Gasteiger partial charge in [-0.15, -0.1) is 11.3 Å². The molecule has 2 heterocycles. The summed E-state index contributed by atoms with van der Waals surface area (Å²) in [6.07, 6.45) is -1.22. The van der Waals surface area contributed by atoms with Crippen molar-refractivity contribution in [2.24, 2.45) is 0 Å². The number of carbonyl (C=O) groups is 2. The Balaban J connectivity index is 1.11. The smallest absolute Gasteiger partial charge is 0.409 e. The number of fused-ring (bicyclic) bond motifs is 3. The van der Waals surface area contributed by atoms with E-state index < -0.39 is 33.1 Å². The minimum atomic E-state index is -3.98. The van der Waals surface area contributed by atoms with Crippen LogP contribution in [0.15, 0.2) is 115 Å². The summed E-state index contributed by atoms with van der Waals surface area (Å²) in [7, 11) is -3.98. The molecule has 2 aliphatic rings. The maximum atomic E-state index is 14.0. The third kappa shape index (κ3) is 5.74. The highest BCUT2D eigenvalue weighted by atomic mass is 32.2. The number of thiophene rings is 1. The Morgan fingerprint density at radius 2 is 1.36 bits per heavy atom. The average Bonchev–Trinajstić information content (AvgIpc) is 3.67. The van der Waals surface area contributed by atoms with Gasteiger partial charge in [0.05, 0.1) is 12.2 Å². The largest absolute Gasteiger partial charge is 0.481 e. The average molecular weight is 664 g/mol. The molecule has 1 fully saturated rings. The van der Waals surface area contributed by atoms with Gasteiger partial charge in [-0.3, -0.25) is 4.79 Å². The first kappa shape index (κ1) is 30.9. The fraction of sp³-hybridized carbons (Fsp3) is 0.211. The van der Waals surface area contributed by atoms with E-state index in [0.29, 0.717) is 4.88 Å². The van der Waals surface area contributed by atoms with Crippen molar-refractivity contribution in [2.75, 3.05) is 25.4 Å². The van der Waals surface area contributed by atoms with Crippen molar-refractivity contribution >= 4 is 33.2 Å². The number of carboxylic acids is 1. The van der Waals surface area contributed by atoms with Crippen LogP contribution in [0.1, 0.15) is 34.8 Å². The van der Waals surface area contributed by atoms with Gasteiger partial charge in [0, 0.05) is 28.8 Å². The molecule has 47 heavy (non-hydrogen) atoms. The zero-order valence-corrected chi connectivity index (χ0v) is 27.2.